The Morgan fingerprint density at radius 2 is 1.80 bits per heavy atom. The number of carbonyl (C=O) groups excluding carboxylic acids is 4. The van der Waals surface area contributed by atoms with Crippen molar-refractivity contribution in [1.82, 2.24) is 4.90 Å². The van der Waals surface area contributed by atoms with Gasteiger partial charge in [0.25, 0.3) is 0 Å². The molecule has 2 amide bonds. The standard InChI is InChI=1S/C38H50N2O11/c1-7-39-17-35(18-50-33(44)21-10-8-9-11-24(21)40-27(42)14-19(2)32(40)43)13-12-26(48-5)37-23-15-22-25(47-4)16-36(45,28(23)29(22)51-20(3)41)38(46,34(37)39)31(49-6)30(35)37/h8-11,19,22-23,25-26,28-31,34,45-46H,7,12-18H2,1-6H3/t19-,22+,23+,25-,26-,28+,29-,30+,31-,34?,35-,36+,37-,38+/m0/s1. The molecule has 5 aliphatic carbocycles. The number of methoxy groups -OCH3 is 3. The molecule has 2 N–H and O–H groups in total. The van der Waals surface area contributed by atoms with Crippen molar-refractivity contribution >= 4 is 29.4 Å². The number of hydrogen-bond donors (Lipinski definition) is 2. The molecule has 1 aromatic carbocycles. The molecule has 8 rings (SSSR count). The first kappa shape index (κ1) is 35.1. The van der Waals surface area contributed by atoms with Crippen LogP contribution in [0.3, 0.4) is 0 Å². The fourth-order valence-electron chi connectivity index (χ4n) is 13.2. The highest BCUT2D eigenvalue weighted by atomic mass is 16.6. The lowest BCUT2D eigenvalue weighted by molar-refractivity contribution is -0.319. The summed E-state index contributed by atoms with van der Waals surface area (Å²) in [6.07, 6.45) is -0.303. The molecule has 1 unspecified atom stereocenters. The van der Waals surface area contributed by atoms with Crippen molar-refractivity contribution in [3.05, 3.63) is 29.8 Å². The molecule has 0 aromatic heterocycles. The number of aliphatic hydroxyl groups is 2. The van der Waals surface area contributed by atoms with E-state index in [2.05, 4.69) is 4.90 Å². The van der Waals surface area contributed by atoms with Gasteiger partial charge in [0.2, 0.25) is 11.8 Å². The maximum absolute atomic E-state index is 14.1. The molecule has 13 nitrogen and oxygen atoms in total. The van der Waals surface area contributed by atoms with E-state index in [4.69, 9.17) is 23.7 Å². The molecule has 1 aromatic rings. The third kappa shape index (κ3) is 4.19. The number of hydrogen-bond acceptors (Lipinski definition) is 12. The fourth-order valence-corrected chi connectivity index (χ4v) is 13.2. The molecule has 7 fully saturated rings. The largest absolute Gasteiger partial charge is 0.462 e. The number of likely N-dealkylation sites (N-methyl/N-ethyl adjacent to an activating group) is 1. The number of benzene rings is 1. The molecule has 13 heteroatoms. The first-order valence-electron chi connectivity index (χ1n) is 18.4. The maximum atomic E-state index is 14.1. The van der Waals surface area contributed by atoms with Gasteiger partial charge in [-0.1, -0.05) is 26.0 Å². The van der Waals surface area contributed by atoms with Gasteiger partial charge in [-0.15, -0.1) is 0 Å². The predicted octanol–water partition coefficient (Wildman–Crippen LogP) is 1.95. The molecule has 5 saturated carbocycles. The Morgan fingerprint density at radius 3 is 2.43 bits per heavy atom. The van der Waals surface area contributed by atoms with Crippen LogP contribution in [0.4, 0.5) is 5.69 Å². The molecule has 14 atom stereocenters. The second-order valence-electron chi connectivity index (χ2n) is 16.3. The van der Waals surface area contributed by atoms with E-state index >= 15 is 0 Å². The van der Waals surface area contributed by atoms with Crippen molar-refractivity contribution in [3.63, 3.8) is 0 Å². The second kappa shape index (κ2) is 11.8. The zero-order chi connectivity index (χ0) is 36.4. The summed E-state index contributed by atoms with van der Waals surface area (Å²) in [7, 11) is 4.85. The van der Waals surface area contributed by atoms with Gasteiger partial charge >= 0.3 is 11.9 Å². The molecule has 278 valence electrons. The highest BCUT2D eigenvalue weighted by Crippen LogP contribution is 2.80. The summed E-state index contributed by atoms with van der Waals surface area (Å²) in [5.74, 6) is -3.74. The van der Waals surface area contributed by atoms with Crippen molar-refractivity contribution in [1.29, 1.82) is 0 Å². The van der Waals surface area contributed by atoms with E-state index in [1.54, 1.807) is 52.5 Å². The third-order valence-corrected chi connectivity index (χ3v) is 14.6. The Labute approximate surface area is 297 Å². The quantitative estimate of drug-likeness (QED) is 0.284. The molecular formula is C38H50N2O11. The van der Waals surface area contributed by atoms with Crippen LogP contribution in [0, 0.1) is 40.4 Å². The monoisotopic (exact) mass is 710 g/mol. The van der Waals surface area contributed by atoms with Crippen molar-refractivity contribution in [2.75, 3.05) is 45.9 Å². The topological polar surface area (TPSA) is 161 Å². The molecule has 2 saturated heterocycles. The predicted molar refractivity (Wildman–Crippen MR) is 179 cm³/mol. The highest BCUT2D eigenvalue weighted by Gasteiger charge is 2.92. The van der Waals surface area contributed by atoms with Gasteiger partial charge in [-0.3, -0.25) is 19.3 Å². The molecule has 7 aliphatic rings. The third-order valence-electron chi connectivity index (χ3n) is 14.6. The lowest BCUT2D eigenvalue weighted by atomic mass is 9.42. The minimum absolute atomic E-state index is 0.0201. The summed E-state index contributed by atoms with van der Waals surface area (Å²) in [6, 6.07) is 5.95. The van der Waals surface area contributed by atoms with E-state index in [0.29, 0.717) is 32.4 Å². The van der Waals surface area contributed by atoms with Crippen molar-refractivity contribution in [2.24, 2.45) is 40.4 Å². The zero-order valence-electron chi connectivity index (χ0n) is 30.2. The molecular weight excluding hydrogens is 660 g/mol. The Bertz CT molecular complexity index is 1650. The van der Waals surface area contributed by atoms with Crippen LogP contribution in [-0.4, -0.2) is 122 Å². The van der Waals surface area contributed by atoms with Crippen molar-refractivity contribution in [3.8, 4) is 0 Å². The van der Waals surface area contributed by atoms with Gasteiger partial charge in [-0.05, 0) is 43.9 Å². The number of likely N-dealkylation sites (tertiary alicyclic amines) is 1. The van der Waals surface area contributed by atoms with E-state index in [1.807, 2.05) is 6.92 Å². The zero-order valence-corrected chi connectivity index (χ0v) is 30.2. The van der Waals surface area contributed by atoms with Gasteiger partial charge in [-0.2, -0.15) is 0 Å². The van der Waals surface area contributed by atoms with Gasteiger partial charge in [0.05, 0.1) is 42.2 Å². The molecule has 0 radical (unpaired) electrons. The normalized spacial score (nSPS) is 46.4. The van der Waals surface area contributed by atoms with Gasteiger partial charge < -0.3 is 33.9 Å². The van der Waals surface area contributed by atoms with E-state index in [1.165, 1.54) is 6.92 Å². The summed E-state index contributed by atoms with van der Waals surface area (Å²) in [5.41, 5.74) is -4.72. The van der Waals surface area contributed by atoms with Crippen molar-refractivity contribution in [2.45, 2.75) is 94.5 Å². The lowest BCUT2D eigenvalue weighted by Gasteiger charge is -2.70. The number of esters is 2. The number of ether oxygens (including phenoxy) is 5. The minimum Gasteiger partial charge on any atom is -0.462 e. The number of fused-ring (bicyclic) bond motifs is 2. The maximum Gasteiger partial charge on any atom is 0.340 e. The molecule has 1 spiro atoms. The van der Waals surface area contributed by atoms with Crippen LogP contribution in [-0.2, 0) is 38.1 Å². The number of nitrogens with zero attached hydrogens (tertiary/aromatic N) is 2. The molecule has 2 heterocycles. The summed E-state index contributed by atoms with van der Waals surface area (Å²) in [5, 5.41) is 26.7. The van der Waals surface area contributed by atoms with Gasteiger partial charge in [0.1, 0.15) is 17.3 Å². The van der Waals surface area contributed by atoms with Crippen LogP contribution >= 0.6 is 0 Å². The number of carbonyl (C=O) groups is 4. The summed E-state index contributed by atoms with van der Waals surface area (Å²) in [6.45, 7) is 6.10. The lowest BCUT2D eigenvalue weighted by Crippen LogP contribution is -2.82. The first-order valence-corrected chi connectivity index (χ1v) is 18.4. The number of amides is 2. The first-order chi connectivity index (χ1) is 24.3. The Kier molecular flexibility index (Phi) is 8.11. The van der Waals surface area contributed by atoms with Crippen LogP contribution < -0.4 is 4.90 Å². The summed E-state index contributed by atoms with van der Waals surface area (Å²) in [4.78, 5) is 55.9. The number of rotatable bonds is 9. The van der Waals surface area contributed by atoms with Crippen molar-refractivity contribution < 1.29 is 53.1 Å². The number of piperidine rings is 1. The molecule has 7 bridgehead atoms. The Morgan fingerprint density at radius 1 is 1.06 bits per heavy atom. The summed E-state index contributed by atoms with van der Waals surface area (Å²) < 4.78 is 31.1. The highest BCUT2D eigenvalue weighted by molar-refractivity contribution is 6.22. The van der Waals surface area contributed by atoms with Gasteiger partial charge in [-0.25, -0.2) is 9.69 Å². The number of imide groups is 1. The Balaban J connectivity index is 1.24. The van der Waals surface area contributed by atoms with Crippen LogP contribution in [0.1, 0.15) is 63.2 Å². The SMILES string of the molecule is CCN1C[C@]2(COC(=O)c3ccccc3N3C(=O)C[C@H](C)C3=O)CC[C@H](OC)[C@]34C1[C@](O)([C@@H](OC)[C@H]23)[C@@]1(O)C[C@H](OC)[C@H]2C[C@@H]4[C@@H]1[C@H]2OC(C)=O. The number of anilines is 1. The average molecular weight is 711 g/mol. The van der Waals surface area contributed by atoms with Gasteiger partial charge in [0.15, 0.2) is 0 Å². The second-order valence-corrected chi connectivity index (χ2v) is 16.3. The van der Waals surface area contributed by atoms with E-state index < -0.39 is 76.1 Å². The fraction of sp³-hybridized carbons (Fsp3) is 0.737. The summed E-state index contributed by atoms with van der Waals surface area (Å²) >= 11 is 0. The van der Waals surface area contributed by atoms with E-state index in [-0.39, 0.29) is 60.5 Å². The van der Waals surface area contributed by atoms with Crippen LogP contribution in [0.25, 0.3) is 0 Å². The Hall–Kier alpha value is -2.94. The molecule has 51 heavy (non-hydrogen) atoms. The smallest absolute Gasteiger partial charge is 0.340 e. The van der Waals surface area contributed by atoms with E-state index in [0.717, 1.165) is 4.90 Å². The van der Waals surface area contributed by atoms with Crippen LogP contribution in [0.15, 0.2) is 24.3 Å². The van der Waals surface area contributed by atoms with E-state index in [9.17, 15) is 29.4 Å². The molecule has 2 aliphatic heterocycles. The van der Waals surface area contributed by atoms with Crippen LogP contribution in [0.2, 0.25) is 0 Å². The minimum atomic E-state index is -1.82. The van der Waals surface area contributed by atoms with Gasteiger partial charge in [0, 0.05) is 82.1 Å². The van der Waals surface area contributed by atoms with Crippen LogP contribution in [0.5, 0.6) is 0 Å². The number of para-hydroxylation sites is 1. The average Bonchev–Trinajstić information content (AvgIpc) is 3.61.